The summed E-state index contributed by atoms with van der Waals surface area (Å²) in [6.45, 7) is 2.77. The monoisotopic (exact) mass is 474 g/mol. The molecule has 0 radical (unpaired) electrons. The molecule has 2 heterocycles. The number of hydrogen-bond acceptors (Lipinski definition) is 6. The van der Waals surface area contributed by atoms with Gasteiger partial charge in [-0.25, -0.2) is 22.5 Å². The van der Waals surface area contributed by atoms with Gasteiger partial charge in [0.15, 0.2) is 5.13 Å². The molecule has 0 bridgehead atoms. The van der Waals surface area contributed by atoms with Crippen LogP contribution in [0.5, 0.6) is 0 Å². The molecule has 1 aliphatic heterocycles. The Morgan fingerprint density at radius 2 is 1.75 bits per heavy atom. The number of amides is 1. The Morgan fingerprint density at radius 1 is 1.09 bits per heavy atom. The minimum absolute atomic E-state index is 0.164. The van der Waals surface area contributed by atoms with E-state index < -0.39 is 10.0 Å². The van der Waals surface area contributed by atoms with Crippen LogP contribution in [0, 0.1) is 5.82 Å². The van der Waals surface area contributed by atoms with Crippen molar-refractivity contribution in [2.24, 2.45) is 0 Å². The van der Waals surface area contributed by atoms with E-state index in [2.05, 4.69) is 19.9 Å². The second-order valence-electron chi connectivity index (χ2n) is 7.61. The molecule has 0 unspecified atom stereocenters. The summed E-state index contributed by atoms with van der Waals surface area (Å²) in [6, 6.07) is 12.2. The van der Waals surface area contributed by atoms with Gasteiger partial charge >= 0.3 is 0 Å². The summed E-state index contributed by atoms with van der Waals surface area (Å²) < 4.78 is 41.4. The number of nitrogens with zero attached hydrogens (tertiary/aromatic N) is 2. The zero-order valence-corrected chi connectivity index (χ0v) is 19.0. The van der Waals surface area contributed by atoms with Gasteiger partial charge in [-0.2, -0.15) is 0 Å². The lowest BCUT2D eigenvalue weighted by Gasteiger charge is -2.32. The highest BCUT2D eigenvalue weighted by Crippen LogP contribution is 2.29. The summed E-state index contributed by atoms with van der Waals surface area (Å²) in [5.41, 5.74) is 2.21. The van der Waals surface area contributed by atoms with Gasteiger partial charge in [-0.15, -0.1) is 11.3 Å². The van der Waals surface area contributed by atoms with Crippen LogP contribution in [0.1, 0.15) is 19.8 Å². The van der Waals surface area contributed by atoms with E-state index in [4.69, 9.17) is 0 Å². The third kappa shape index (κ3) is 5.32. The molecule has 4 rings (SSSR count). The van der Waals surface area contributed by atoms with E-state index in [1.807, 2.05) is 5.38 Å². The number of thiazole rings is 1. The van der Waals surface area contributed by atoms with Crippen molar-refractivity contribution >= 4 is 38.1 Å². The van der Waals surface area contributed by atoms with Crippen LogP contribution in [0.15, 0.2) is 58.8 Å². The molecule has 0 aliphatic carbocycles. The average Bonchev–Trinajstić information content (AvgIpc) is 3.25. The molecule has 1 amide bonds. The van der Waals surface area contributed by atoms with Crippen molar-refractivity contribution in [1.29, 1.82) is 0 Å². The Hall–Kier alpha value is -2.82. The Morgan fingerprint density at radius 3 is 2.38 bits per heavy atom. The molecule has 1 saturated heterocycles. The quantitative estimate of drug-likeness (QED) is 0.566. The van der Waals surface area contributed by atoms with Crippen LogP contribution in [0.2, 0.25) is 0 Å². The lowest BCUT2D eigenvalue weighted by atomic mass is 10.1. The zero-order valence-electron chi connectivity index (χ0n) is 17.4. The minimum atomic E-state index is -3.65. The SMILES string of the molecule is CC(=O)Nc1ccc(S(=O)(=O)NC2CCN(c3nc(-c4ccc(F)cc4)cs3)CC2)cc1. The molecule has 1 fully saturated rings. The highest BCUT2D eigenvalue weighted by atomic mass is 32.2. The van der Waals surface area contributed by atoms with Crippen molar-refractivity contribution in [3.8, 4) is 11.3 Å². The number of hydrogen-bond donors (Lipinski definition) is 2. The Kier molecular flexibility index (Phi) is 6.54. The second-order valence-corrected chi connectivity index (χ2v) is 10.2. The highest BCUT2D eigenvalue weighted by molar-refractivity contribution is 7.89. The molecule has 2 aromatic carbocycles. The van der Waals surface area contributed by atoms with Crippen molar-refractivity contribution < 1.29 is 17.6 Å². The fourth-order valence-electron chi connectivity index (χ4n) is 3.56. The normalized spacial score (nSPS) is 15.0. The third-order valence-electron chi connectivity index (χ3n) is 5.20. The van der Waals surface area contributed by atoms with Crippen LogP contribution in [-0.4, -0.2) is 38.4 Å². The van der Waals surface area contributed by atoms with Gasteiger partial charge in [0.1, 0.15) is 5.82 Å². The van der Waals surface area contributed by atoms with Crippen LogP contribution >= 0.6 is 11.3 Å². The molecule has 7 nitrogen and oxygen atoms in total. The molecule has 0 spiro atoms. The summed E-state index contributed by atoms with van der Waals surface area (Å²) in [5, 5.41) is 5.44. The van der Waals surface area contributed by atoms with Gasteiger partial charge < -0.3 is 10.2 Å². The molecular weight excluding hydrogens is 451 g/mol. The van der Waals surface area contributed by atoms with E-state index in [0.29, 0.717) is 31.6 Å². The van der Waals surface area contributed by atoms with Crippen molar-refractivity contribution in [3.05, 3.63) is 59.7 Å². The molecule has 0 saturated carbocycles. The molecule has 1 aliphatic rings. The number of rotatable bonds is 6. The first-order chi connectivity index (χ1) is 15.3. The van der Waals surface area contributed by atoms with Crippen molar-refractivity contribution in [3.63, 3.8) is 0 Å². The maximum absolute atomic E-state index is 13.1. The fraction of sp³-hybridized carbons (Fsp3) is 0.273. The Labute approximate surface area is 190 Å². The third-order valence-corrected chi connectivity index (χ3v) is 7.64. The number of benzene rings is 2. The fourth-order valence-corrected chi connectivity index (χ4v) is 5.75. The van der Waals surface area contributed by atoms with Gasteiger partial charge in [-0.05, 0) is 61.4 Å². The summed E-state index contributed by atoms with van der Waals surface area (Å²) >= 11 is 1.52. The summed E-state index contributed by atoms with van der Waals surface area (Å²) in [7, 11) is -3.65. The molecule has 2 N–H and O–H groups in total. The number of piperidine rings is 1. The smallest absolute Gasteiger partial charge is 0.240 e. The summed E-state index contributed by atoms with van der Waals surface area (Å²) in [4.78, 5) is 18.1. The van der Waals surface area contributed by atoms with Gasteiger partial charge in [0.25, 0.3) is 0 Å². The van der Waals surface area contributed by atoms with Gasteiger partial charge in [-0.1, -0.05) is 0 Å². The number of aromatic nitrogens is 1. The maximum atomic E-state index is 13.1. The van der Waals surface area contributed by atoms with Gasteiger partial charge in [0, 0.05) is 42.7 Å². The van der Waals surface area contributed by atoms with Crippen LogP contribution in [0.3, 0.4) is 0 Å². The molecular formula is C22H23FN4O3S2. The zero-order chi connectivity index (χ0) is 22.7. The molecule has 0 atom stereocenters. The predicted octanol–water partition coefficient (Wildman–Crippen LogP) is 3.85. The first-order valence-electron chi connectivity index (χ1n) is 10.2. The summed E-state index contributed by atoms with van der Waals surface area (Å²) in [6.07, 6.45) is 1.32. The first kappa shape index (κ1) is 22.4. The standard InChI is InChI=1S/C22H23FN4O3S2/c1-15(28)24-18-6-8-20(9-7-18)32(29,30)26-19-10-12-27(13-11-19)22-25-21(14-31-22)16-2-4-17(23)5-3-16/h2-9,14,19,26H,10-13H2,1H3,(H,24,28). The minimum Gasteiger partial charge on any atom is -0.348 e. The Balaban J connectivity index is 1.34. The topological polar surface area (TPSA) is 91.4 Å². The van der Waals surface area contributed by atoms with Crippen molar-refractivity contribution in [2.75, 3.05) is 23.3 Å². The van der Waals surface area contributed by atoms with E-state index >= 15 is 0 Å². The number of nitrogens with one attached hydrogen (secondary N) is 2. The average molecular weight is 475 g/mol. The van der Waals surface area contributed by atoms with E-state index in [0.717, 1.165) is 16.4 Å². The number of carbonyl (C=O) groups excluding carboxylic acids is 1. The summed E-state index contributed by atoms with van der Waals surface area (Å²) in [5.74, 6) is -0.493. The van der Waals surface area contributed by atoms with E-state index in [9.17, 15) is 17.6 Å². The highest BCUT2D eigenvalue weighted by Gasteiger charge is 2.26. The first-order valence-corrected chi connectivity index (χ1v) is 12.5. The largest absolute Gasteiger partial charge is 0.348 e. The lowest BCUT2D eigenvalue weighted by molar-refractivity contribution is -0.114. The molecule has 32 heavy (non-hydrogen) atoms. The van der Waals surface area contributed by atoms with Crippen molar-refractivity contribution in [2.45, 2.75) is 30.7 Å². The van der Waals surface area contributed by atoms with E-state index in [1.54, 1.807) is 24.3 Å². The van der Waals surface area contributed by atoms with Gasteiger partial charge in [0.05, 0.1) is 10.6 Å². The second kappa shape index (κ2) is 9.35. The molecule has 168 valence electrons. The van der Waals surface area contributed by atoms with Crippen LogP contribution in [0.4, 0.5) is 15.2 Å². The van der Waals surface area contributed by atoms with Gasteiger partial charge in [0.2, 0.25) is 15.9 Å². The van der Waals surface area contributed by atoms with Crippen LogP contribution < -0.4 is 14.9 Å². The number of carbonyl (C=O) groups is 1. The van der Waals surface area contributed by atoms with Crippen LogP contribution in [-0.2, 0) is 14.8 Å². The molecule has 10 heteroatoms. The van der Waals surface area contributed by atoms with Crippen molar-refractivity contribution in [1.82, 2.24) is 9.71 Å². The number of anilines is 2. The predicted molar refractivity (Wildman–Crippen MR) is 124 cm³/mol. The molecule has 1 aromatic heterocycles. The number of halogens is 1. The Bertz CT molecular complexity index is 1190. The van der Waals surface area contributed by atoms with E-state index in [1.165, 1.54) is 42.5 Å². The number of sulfonamides is 1. The lowest BCUT2D eigenvalue weighted by Crippen LogP contribution is -2.44. The maximum Gasteiger partial charge on any atom is 0.240 e. The van der Waals surface area contributed by atoms with Crippen LogP contribution in [0.25, 0.3) is 11.3 Å². The van der Waals surface area contributed by atoms with E-state index in [-0.39, 0.29) is 22.7 Å². The molecule has 3 aromatic rings. The van der Waals surface area contributed by atoms with Gasteiger partial charge in [-0.3, -0.25) is 4.79 Å².